The van der Waals surface area contributed by atoms with E-state index in [9.17, 15) is 0 Å². The molecule has 0 aromatic heterocycles. The van der Waals surface area contributed by atoms with Gasteiger partial charge in [-0.25, -0.2) is 0 Å². The van der Waals surface area contributed by atoms with Gasteiger partial charge in [-0.15, -0.1) is 0 Å². The quantitative estimate of drug-likeness (QED) is 0.865. The summed E-state index contributed by atoms with van der Waals surface area (Å²) in [6, 6.07) is 11.4. The summed E-state index contributed by atoms with van der Waals surface area (Å²) in [4.78, 5) is 0. The Morgan fingerprint density at radius 3 is 2.48 bits per heavy atom. The van der Waals surface area contributed by atoms with E-state index in [1.54, 1.807) is 14.2 Å². The van der Waals surface area contributed by atoms with Crippen molar-refractivity contribution in [1.82, 2.24) is 0 Å². The van der Waals surface area contributed by atoms with Gasteiger partial charge in [0.15, 0.2) is 11.5 Å². The molecule has 112 valence electrons. The third kappa shape index (κ3) is 3.89. The summed E-state index contributed by atoms with van der Waals surface area (Å²) in [7, 11) is 3.26. The first kappa shape index (κ1) is 15.7. The zero-order valence-electron chi connectivity index (χ0n) is 12.1. The fourth-order valence-corrected chi connectivity index (χ4v) is 2.26. The summed E-state index contributed by atoms with van der Waals surface area (Å²) in [5.74, 6) is 2.16. The van der Waals surface area contributed by atoms with Gasteiger partial charge in [-0.05, 0) is 35.9 Å². The maximum Gasteiger partial charge on any atom is 0.161 e. The lowest BCUT2D eigenvalue weighted by Crippen LogP contribution is -2.01. The molecule has 2 aromatic rings. The van der Waals surface area contributed by atoms with E-state index < -0.39 is 0 Å². The molecule has 0 fully saturated rings. The first-order valence-corrected chi connectivity index (χ1v) is 7.29. The molecule has 0 aliphatic rings. The molecule has 2 rings (SSSR count). The van der Waals surface area contributed by atoms with Crippen molar-refractivity contribution in [2.75, 3.05) is 14.2 Å². The van der Waals surface area contributed by atoms with E-state index >= 15 is 0 Å². The predicted molar refractivity (Wildman–Crippen MR) is 85.9 cm³/mol. The highest BCUT2D eigenvalue weighted by Crippen LogP contribution is 2.30. The van der Waals surface area contributed by atoms with Crippen molar-refractivity contribution >= 4 is 15.9 Å². The summed E-state index contributed by atoms with van der Waals surface area (Å²) in [6.45, 7) is 0.883. The van der Waals surface area contributed by atoms with E-state index in [2.05, 4.69) is 15.9 Å². The summed E-state index contributed by atoms with van der Waals surface area (Å²) in [5, 5.41) is 0. The molecule has 0 unspecified atom stereocenters. The molecule has 0 amide bonds. The molecule has 0 radical (unpaired) electrons. The Labute approximate surface area is 132 Å². The van der Waals surface area contributed by atoms with Crippen LogP contribution in [0.1, 0.15) is 11.1 Å². The highest BCUT2D eigenvalue weighted by atomic mass is 79.9. The number of ether oxygens (including phenoxy) is 3. The fourth-order valence-electron chi connectivity index (χ4n) is 1.90. The van der Waals surface area contributed by atoms with Crippen molar-refractivity contribution in [3.63, 3.8) is 0 Å². The largest absolute Gasteiger partial charge is 0.497 e. The van der Waals surface area contributed by atoms with Crippen LogP contribution in [0.15, 0.2) is 40.9 Å². The van der Waals surface area contributed by atoms with Crippen molar-refractivity contribution in [1.29, 1.82) is 0 Å². The minimum atomic E-state index is 0.413. The van der Waals surface area contributed by atoms with Crippen LogP contribution in [0.25, 0.3) is 0 Å². The van der Waals surface area contributed by atoms with Crippen molar-refractivity contribution in [3.05, 3.63) is 52.0 Å². The maximum absolute atomic E-state index is 5.84. The molecule has 0 aliphatic carbocycles. The topological polar surface area (TPSA) is 53.7 Å². The highest BCUT2D eigenvalue weighted by molar-refractivity contribution is 9.10. The van der Waals surface area contributed by atoms with E-state index in [4.69, 9.17) is 19.9 Å². The SMILES string of the molecule is COc1ccc(Br)c(COc2ccc(CN)cc2OC)c1. The number of methoxy groups -OCH3 is 2. The van der Waals surface area contributed by atoms with Gasteiger partial charge in [-0.3, -0.25) is 0 Å². The van der Waals surface area contributed by atoms with E-state index in [0.29, 0.717) is 24.7 Å². The van der Waals surface area contributed by atoms with Crippen LogP contribution in [0.3, 0.4) is 0 Å². The van der Waals surface area contributed by atoms with Crippen LogP contribution in [0.4, 0.5) is 0 Å². The Hall–Kier alpha value is -1.72. The lowest BCUT2D eigenvalue weighted by atomic mass is 10.2. The third-order valence-electron chi connectivity index (χ3n) is 3.10. The van der Waals surface area contributed by atoms with Crippen molar-refractivity contribution in [3.8, 4) is 17.2 Å². The normalized spacial score (nSPS) is 10.3. The Morgan fingerprint density at radius 2 is 1.81 bits per heavy atom. The summed E-state index contributed by atoms with van der Waals surface area (Å²) < 4.78 is 17.4. The maximum atomic E-state index is 5.84. The highest BCUT2D eigenvalue weighted by Gasteiger charge is 2.08. The smallest absolute Gasteiger partial charge is 0.161 e. The number of hydrogen-bond donors (Lipinski definition) is 1. The Kier molecular flexibility index (Phi) is 5.47. The third-order valence-corrected chi connectivity index (χ3v) is 3.87. The minimum absolute atomic E-state index is 0.413. The minimum Gasteiger partial charge on any atom is -0.497 e. The second-order valence-corrected chi connectivity index (χ2v) is 5.29. The number of hydrogen-bond acceptors (Lipinski definition) is 4. The first-order valence-electron chi connectivity index (χ1n) is 6.50. The molecule has 2 N–H and O–H groups in total. The number of rotatable bonds is 6. The van der Waals surface area contributed by atoms with Gasteiger partial charge >= 0.3 is 0 Å². The molecule has 21 heavy (non-hydrogen) atoms. The number of halogens is 1. The molecule has 0 spiro atoms. The average Bonchev–Trinajstić information content (AvgIpc) is 2.54. The lowest BCUT2D eigenvalue weighted by Gasteiger charge is -2.13. The van der Waals surface area contributed by atoms with Crippen LogP contribution in [-0.2, 0) is 13.2 Å². The van der Waals surface area contributed by atoms with Gasteiger partial charge in [0.25, 0.3) is 0 Å². The van der Waals surface area contributed by atoms with E-state index in [1.165, 1.54) is 0 Å². The van der Waals surface area contributed by atoms with E-state index in [-0.39, 0.29) is 0 Å². The molecular formula is C16H18BrNO3. The number of benzene rings is 2. The Bertz CT molecular complexity index is 616. The van der Waals surface area contributed by atoms with Crippen LogP contribution >= 0.6 is 15.9 Å². The summed E-state index contributed by atoms with van der Waals surface area (Å²) in [5.41, 5.74) is 7.62. The molecule has 2 aromatic carbocycles. The second kappa shape index (κ2) is 7.33. The molecule has 4 nitrogen and oxygen atoms in total. The van der Waals surface area contributed by atoms with Crippen LogP contribution in [0, 0.1) is 0 Å². The lowest BCUT2D eigenvalue weighted by molar-refractivity contribution is 0.283. The van der Waals surface area contributed by atoms with Gasteiger partial charge in [0.05, 0.1) is 14.2 Å². The van der Waals surface area contributed by atoms with Gasteiger partial charge in [-0.1, -0.05) is 22.0 Å². The molecule has 0 atom stereocenters. The van der Waals surface area contributed by atoms with Crippen molar-refractivity contribution in [2.24, 2.45) is 5.73 Å². The van der Waals surface area contributed by atoms with Crippen LogP contribution < -0.4 is 19.9 Å². The van der Waals surface area contributed by atoms with Crippen molar-refractivity contribution in [2.45, 2.75) is 13.2 Å². The van der Waals surface area contributed by atoms with Gasteiger partial charge in [0, 0.05) is 16.6 Å². The Morgan fingerprint density at radius 1 is 1.00 bits per heavy atom. The van der Waals surface area contributed by atoms with Gasteiger partial charge < -0.3 is 19.9 Å². The van der Waals surface area contributed by atoms with Gasteiger partial charge in [0.2, 0.25) is 0 Å². The number of nitrogens with two attached hydrogens (primary N) is 1. The molecule has 0 bridgehead atoms. The molecule has 0 saturated heterocycles. The van der Waals surface area contributed by atoms with E-state index in [0.717, 1.165) is 21.3 Å². The molecule has 5 heteroatoms. The first-order chi connectivity index (χ1) is 10.2. The average molecular weight is 352 g/mol. The predicted octanol–water partition coefficient (Wildman–Crippen LogP) is 3.50. The van der Waals surface area contributed by atoms with Gasteiger partial charge in [0.1, 0.15) is 12.4 Å². The molecular weight excluding hydrogens is 334 g/mol. The Balaban J connectivity index is 2.16. The molecule has 0 saturated carbocycles. The monoisotopic (exact) mass is 351 g/mol. The van der Waals surface area contributed by atoms with Gasteiger partial charge in [-0.2, -0.15) is 0 Å². The molecule has 0 heterocycles. The van der Waals surface area contributed by atoms with Crippen molar-refractivity contribution < 1.29 is 14.2 Å². The molecule has 0 aliphatic heterocycles. The van der Waals surface area contributed by atoms with E-state index in [1.807, 2.05) is 36.4 Å². The second-order valence-electron chi connectivity index (χ2n) is 4.44. The van der Waals surface area contributed by atoms with Crippen LogP contribution in [-0.4, -0.2) is 14.2 Å². The zero-order chi connectivity index (χ0) is 15.2. The summed E-state index contributed by atoms with van der Waals surface area (Å²) >= 11 is 3.51. The van der Waals surface area contributed by atoms with Crippen LogP contribution in [0.2, 0.25) is 0 Å². The standard InChI is InChI=1S/C16H18BrNO3/c1-19-13-4-5-14(17)12(8-13)10-21-15-6-3-11(9-18)7-16(15)20-2/h3-8H,9-10,18H2,1-2H3. The zero-order valence-corrected chi connectivity index (χ0v) is 13.6. The summed E-state index contributed by atoms with van der Waals surface area (Å²) in [6.07, 6.45) is 0. The van der Waals surface area contributed by atoms with Crippen LogP contribution in [0.5, 0.6) is 17.2 Å². The fraction of sp³-hybridized carbons (Fsp3) is 0.250.